The van der Waals surface area contributed by atoms with Crippen LogP contribution in [-0.2, 0) is 9.47 Å². The van der Waals surface area contributed by atoms with Gasteiger partial charge in [-0.2, -0.15) is 0 Å². The van der Waals surface area contributed by atoms with Crippen molar-refractivity contribution in [1.29, 1.82) is 0 Å². The summed E-state index contributed by atoms with van der Waals surface area (Å²) in [7, 11) is 0. The van der Waals surface area contributed by atoms with Gasteiger partial charge < -0.3 is 9.47 Å². The van der Waals surface area contributed by atoms with E-state index in [4.69, 9.17) is 9.47 Å². The standard InChI is InChI=1S/C12H24O2/c1-2-3-4-5-7-10-13-12-9-6-8-11-14-12/h12H,2-11H2,1H3/t12-/m0/s1. The highest BCUT2D eigenvalue weighted by molar-refractivity contribution is 4.54. The maximum Gasteiger partial charge on any atom is 0.157 e. The highest BCUT2D eigenvalue weighted by Gasteiger charge is 2.12. The summed E-state index contributed by atoms with van der Waals surface area (Å²) in [4.78, 5) is 0. The zero-order valence-corrected chi connectivity index (χ0v) is 9.46. The number of hydrogen-bond acceptors (Lipinski definition) is 2. The lowest BCUT2D eigenvalue weighted by Crippen LogP contribution is -2.22. The molecule has 0 amide bonds. The molecule has 0 bridgehead atoms. The normalized spacial score (nSPS) is 22.5. The van der Waals surface area contributed by atoms with Crippen molar-refractivity contribution >= 4 is 0 Å². The predicted octanol–water partition coefficient (Wildman–Crippen LogP) is 3.50. The Bertz CT molecular complexity index is 119. The van der Waals surface area contributed by atoms with Gasteiger partial charge in [0.15, 0.2) is 6.29 Å². The highest BCUT2D eigenvalue weighted by Crippen LogP contribution is 2.14. The molecule has 0 N–H and O–H groups in total. The van der Waals surface area contributed by atoms with Gasteiger partial charge in [-0.1, -0.05) is 32.6 Å². The summed E-state index contributed by atoms with van der Waals surface area (Å²) >= 11 is 0. The smallest absolute Gasteiger partial charge is 0.157 e. The maximum absolute atomic E-state index is 5.64. The summed E-state index contributed by atoms with van der Waals surface area (Å²) in [6, 6.07) is 0. The van der Waals surface area contributed by atoms with Gasteiger partial charge in [0.25, 0.3) is 0 Å². The van der Waals surface area contributed by atoms with Gasteiger partial charge in [-0.05, 0) is 25.7 Å². The monoisotopic (exact) mass is 200 g/mol. The van der Waals surface area contributed by atoms with E-state index in [1.165, 1.54) is 44.9 Å². The second-order valence-corrected chi connectivity index (χ2v) is 4.08. The van der Waals surface area contributed by atoms with E-state index in [1.54, 1.807) is 0 Å². The molecule has 0 aromatic heterocycles. The third-order valence-electron chi connectivity index (χ3n) is 2.69. The van der Waals surface area contributed by atoms with Crippen LogP contribution < -0.4 is 0 Å². The van der Waals surface area contributed by atoms with Gasteiger partial charge in [0.1, 0.15) is 0 Å². The van der Waals surface area contributed by atoms with Gasteiger partial charge in [0, 0.05) is 13.2 Å². The number of ether oxygens (including phenoxy) is 2. The van der Waals surface area contributed by atoms with Crippen LogP contribution in [0.15, 0.2) is 0 Å². The molecule has 1 saturated heterocycles. The summed E-state index contributed by atoms with van der Waals surface area (Å²) in [5.74, 6) is 0. The van der Waals surface area contributed by atoms with E-state index in [0.717, 1.165) is 19.6 Å². The van der Waals surface area contributed by atoms with Crippen molar-refractivity contribution in [3.8, 4) is 0 Å². The number of unbranched alkanes of at least 4 members (excludes halogenated alkanes) is 4. The largest absolute Gasteiger partial charge is 0.353 e. The van der Waals surface area contributed by atoms with E-state index in [0.29, 0.717) is 0 Å². The minimum atomic E-state index is 0.106. The van der Waals surface area contributed by atoms with E-state index < -0.39 is 0 Å². The summed E-state index contributed by atoms with van der Waals surface area (Å²) in [6.45, 7) is 4.02. The molecule has 0 aromatic rings. The molecule has 0 aliphatic carbocycles. The third kappa shape index (κ3) is 5.61. The zero-order chi connectivity index (χ0) is 10.1. The predicted molar refractivity (Wildman–Crippen MR) is 58.3 cm³/mol. The van der Waals surface area contributed by atoms with Gasteiger partial charge >= 0.3 is 0 Å². The third-order valence-corrected chi connectivity index (χ3v) is 2.69. The fraction of sp³-hybridized carbons (Fsp3) is 1.00. The maximum atomic E-state index is 5.64. The minimum absolute atomic E-state index is 0.106. The quantitative estimate of drug-likeness (QED) is 0.586. The first kappa shape index (κ1) is 12.0. The average Bonchev–Trinajstić information content (AvgIpc) is 2.25. The summed E-state index contributed by atoms with van der Waals surface area (Å²) in [5.41, 5.74) is 0. The average molecular weight is 200 g/mol. The molecular weight excluding hydrogens is 176 g/mol. The van der Waals surface area contributed by atoms with Crippen molar-refractivity contribution < 1.29 is 9.47 Å². The lowest BCUT2D eigenvalue weighted by atomic mass is 10.2. The molecule has 14 heavy (non-hydrogen) atoms. The van der Waals surface area contributed by atoms with Crippen LogP contribution in [-0.4, -0.2) is 19.5 Å². The second-order valence-electron chi connectivity index (χ2n) is 4.08. The molecule has 0 radical (unpaired) electrons. The summed E-state index contributed by atoms with van der Waals surface area (Å²) < 4.78 is 11.1. The van der Waals surface area contributed by atoms with Crippen LogP contribution in [0.5, 0.6) is 0 Å². The molecule has 1 heterocycles. The Morgan fingerprint density at radius 3 is 2.71 bits per heavy atom. The Labute approximate surface area is 88.0 Å². The lowest BCUT2D eigenvalue weighted by molar-refractivity contribution is -0.162. The van der Waals surface area contributed by atoms with Crippen LogP contribution in [0.4, 0.5) is 0 Å². The van der Waals surface area contributed by atoms with Crippen LogP contribution in [0, 0.1) is 0 Å². The van der Waals surface area contributed by atoms with E-state index in [2.05, 4.69) is 6.92 Å². The van der Waals surface area contributed by atoms with Crippen molar-refractivity contribution in [2.75, 3.05) is 13.2 Å². The van der Waals surface area contributed by atoms with Crippen molar-refractivity contribution in [2.24, 2.45) is 0 Å². The Hall–Kier alpha value is -0.0800. The lowest BCUT2D eigenvalue weighted by Gasteiger charge is -2.22. The fourth-order valence-electron chi connectivity index (χ4n) is 1.76. The van der Waals surface area contributed by atoms with Crippen LogP contribution in [0.3, 0.4) is 0 Å². The Balaban J connectivity index is 1.82. The van der Waals surface area contributed by atoms with Crippen molar-refractivity contribution in [1.82, 2.24) is 0 Å². The number of rotatable bonds is 7. The van der Waals surface area contributed by atoms with Crippen molar-refractivity contribution in [3.63, 3.8) is 0 Å². The van der Waals surface area contributed by atoms with Crippen LogP contribution in [0.25, 0.3) is 0 Å². The molecule has 2 nitrogen and oxygen atoms in total. The Kier molecular flexibility index (Phi) is 7.06. The molecule has 0 unspecified atom stereocenters. The molecular formula is C12H24O2. The molecule has 1 atom stereocenters. The number of hydrogen-bond donors (Lipinski definition) is 0. The first-order valence-corrected chi connectivity index (χ1v) is 6.16. The molecule has 2 heteroatoms. The van der Waals surface area contributed by atoms with Gasteiger partial charge in [-0.25, -0.2) is 0 Å². The molecule has 1 fully saturated rings. The van der Waals surface area contributed by atoms with E-state index in [9.17, 15) is 0 Å². The van der Waals surface area contributed by atoms with E-state index >= 15 is 0 Å². The van der Waals surface area contributed by atoms with Gasteiger partial charge in [0.05, 0.1) is 0 Å². The van der Waals surface area contributed by atoms with Gasteiger partial charge in [-0.3, -0.25) is 0 Å². The summed E-state index contributed by atoms with van der Waals surface area (Å²) in [5, 5.41) is 0. The van der Waals surface area contributed by atoms with Crippen LogP contribution in [0.1, 0.15) is 58.3 Å². The molecule has 1 aliphatic rings. The van der Waals surface area contributed by atoms with Crippen molar-refractivity contribution in [3.05, 3.63) is 0 Å². The molecule has 0 saturated carbocycles. The topological polar surface area (TPSA) is 18.5 Å². The fourth-order valence-corrected chi connectivity index (χ4v) is 1.76. The Morgan fingerprint density at radius 2 is 2.00 bits per heavy atom. The second kappa shape index (κ2) is 8.25. The zero-order valence-electron chi connectivity index (χ0n) is 9.46. The highest BCUT2D eigenvalue weighted by atomic mass is 16.7. The first-order chi connectivity index (χ1) is 6.93. The summed E-state index contributed by atoms with van der Waals surface area (Å²) in [6.07, 6.45) is 10.2. The molecule has 1 aliphatic heterocycles. The SMILES string of the molecule is CCCCCCCO[C@@H]1CCCCO1. The van der Waals surface area contributed by atoms with Crippen LogP contribution in [0.2, 0.25) is 0 Å². The van der Waals surface area contributed by atoms with Crippen LogP contribution >= 0.6 is 0 Å². The van der Waals surface area contributed by atoms with Gasteiger partial charge in [-0.15, -0.1) is 0 Å². The molecule has 84 valence electrons. The molecule has 0 spiro atoms. The minimum Gasteiger partial charge on any atom is -0.353 e. The van der Waals surface area contributed by atoms with E-state index in [1.807, 2.05) is 0 Å². The van der Waals surface area contributed by atoms with Crippen molar-refractivity contribution in [2.45, 2.75) is 64.6 Å². The molecule has 0 aromatic carbocycles. The van der Waals surface area contributed by atoms with E-state index in [-0.39, 0.29) is 6.29 Å². The molecule has 1 rings (SSSR count). The first-order valence-electron chi connectivity index (χ1n) is 6.16. The van der Waals surface area contributed by atoms with Gasteiger partial charge in [0.2, 0.25) is 0 Å². The Morgan fingerprint density at radius 1 is 1.14 bits per heavy atom.